The molecule has 0 unspecified atom stereocenters. The Bertz CT molecular complexity index is 641. The highest BCUT2D eigenvalue weighted by Crippen LogP contribution is 2.34. The number of hydrogen-bond donors (Lipinski definition) is 3. The fraction of sp³-hybridized carbons (Fsp3) is 0.154. The number of aromatic nitrogens is 2. The Morgan fingerprint density at radius 1 is 1.32 bits per heavy atom. The summed E-state index contributed by atoms with van der Waals surface area (Å²) in [7, 11) is 0. The second-order valence-corrected chi connectivity index (χ2v) is 4.09. The number of para-hydroxylation sites is 1. The maximum absolute atomic E-state index is 11.3. The van der Waals surface area contributed by atoms with Gasteiger partial charge in [0, 0.05) is 12.5 Å². The lowest BCUT2D eigenvalue weighted by atomic mass is 10.1. The van der Waals surface area contributed by atoms with E-state index in [-0.39, 0.29) is 17.6 Å². The van der Waals surface area contributed by atoms with E-state index in [0.29, 0.717) is 22.6 Å². The topological polar surface area (TPSA) is 101 Å². The van der Waals surface area contributed by atoms with E-state index in [1.54, 1.807) is 31.2 Å². The quantitative estimate of drug-likeness (QED) is 0.761. The van der Waals surface area contributed by atoms with Crippen molar-refractivity contribution >= 4 is 17.5 Å². The third-order valence-corrected chi connectivity index (χ3v) is 2.57. The number of carbonyl (C=O) groups is 1. The van der Waals surface area contributed by atoms with Gasteiger partial charge < -0.3 is 16.2 Å². The number of anilines is 2. The SMILES string of the molecule is CC(=O)Nc1c(C)nc(N)nc1-c1ccccc1O. The molecular formula is C13H14N4O2. The summed E-state index contributed by atoms with van der Waals surface area (Å²) in [5.41, 5.74) is 7.51. The highest BCUT2D eigenvalue weighted by atomic mass is 16.3. The number of nitrogens with zero attached hydrogens (tertiary/aromatic N) is 2. The number of phenols is 1. The molecule has 4 N–H and O–H groups in total. The number of nitrogens with one attached hydrogen (secondary N) is 1. The average molecular weight is 258 g/mol. The van der Waals surface area contributed by atoms with Gasteiger partial charge in [-0.15, -0.1) is 0 Å². The van der Waals surface area contributed by atoms with Crippen LogP contribution in [0.5, 0.6) is 5.75 Å². The smallest absolute Gasteiger partial charge is 0.221 e. The van der Waals surface area contributed by atoms with Crippen molar-refractivity contribution in [2.45, 2.75) is 13.8 Å². The van der Waals surface area contributed by atoms with Gasteiger partial charge in [-0.3, -0.25) is 4.79 Å². The molecule has 6 nitrogen and oxygen atoms in total. The molecular weight excluding hydrogens is 244 g/mol. The minimum atomic E-state index is -0.242. The van der Waals surface area contributed by atoms with Gasteiger partial charge in [-0.2, -0.15) is 0 Å². The summed E-state index contributed by atoms with van der Waals surface area (Å²) < 4.78 is 0. The van der Waals surface area contributed by atoms with Crippen molar-refractivity contribution in [1.82, 2.24) is 9.97 Å². The van der Waals surface area contributed by atoms with Crippen molar-refractivity contribution in [1.29, 1.82) is 0 Å². The van der Waals surface area contributed by atoms with Crippen molar-refractivity contribution in [3.63, 3.8) is 0 Å². The maximum Gasteiger partial charge on any atom is 0.221 e. The van der Waals surface area contributed by atoms with Crippen LogP contribution in [0.1, 0.15) is 12.6 Å². The van der Waals surface area contributed by atoms with Crippen LogP contribution >= 0.6 is 0 Å². The number of nitrogen functional groups attached to an aromatic ring is 1. The minimum absolute atomic E-state index is 0.0617. The average Bonchev–Trinajstić information content (AvgIpc) is 2.33. The maximum atomic E-state index is 11.3. The Morgan fingerprint density at radius 3 is 2.63 bits per heavy atom. The second-order valence-electron chi connectivity index (χ2n) is 4.09. The van der Waals surface area contributed by atoms with Gasteiger partial charge in [0.15, 0.2) is 0 Å². The Kier molecular flexibility index (Phi) is 3.33. The zero-order valence-corrected chi connectivity index (χ0v) is 10.6. The Balaban J connectivity index is 2.67. The van der Waals surface area contributed by atoms with Gasteiger partial charge in [-0.05, 0) is 19.1 Å². The molecule has 2 rings (SSSR count). The number of nitrogens with two attached hydrogens (primary N) is 1. The van der Waals surface area contributed by atoms with Crippen molar-refractivity contribution in [3.8, 4) is 17.0 Å². The van der Waals surface area contributed by atoms with E-state index in [0.717, 1.165) is 0 Å². The number of aryl methyl sites for hydroxylation is 1. The number of rotatable bonds is 2. The van der Waals surface area contributed by atoms with Crippen molar-refractivity contribution in [3.05, 3.63) is 30.0 Å². The summed E-state index contributed by atoms with van der Waals surface area (Å²) in [4.78, 5) is 19.4. The van der Waals surface area contributed by atoms with Gasteiger partial charge in [0.1, 0.15) is 11.4 Å². The largest absolute Gasteiger partial charge is 0.507 e. The van der Waals surface area contributed by atoms with Gasteiger partial charge in [-0.1, -0.05) is 12.1 Å². The van der Waals surface area contributed by atoms with Crippen molar-refractivity contribution < 1.29 is 9.90 Å². The molecule has 0 saturated carbocycles. The van der Waals surface area contributed by atoms with Crippen LogP contribution in [0.2, 0.25) is 0 Å². The standard InChI is InChI=1S/C13H14N4O2/c1-7-11(16-8(2)18)12(17-13(14)15-7)9-5-3-4-6-10(9)19/h3-6,19H,1-2H3,(H,16,18)(H2,14,15,17). The molecule has 0 saturated heterocycles. The molecule has 1 aromatic heterocycles. The number of phenolic OH excluding ortho intramolecular Hbond substituents is 1. The molecule has 0 aliphatic heterocycles. The molecule has 0 aliphatic rings. The summed E-state index contributed by atoms with van der Waals surface area (Å²) in [5, 5.41) is 12.6. The first kappa shape index (κ1) is 12.8. The number of hydrogen-bond acceptors (Lipinski definition) is 5. The molecule has 6 heteroatoms. The first-order chi connectivity index (χ1) is 8.99. The summed E-state index contributed by atoms with van der Waals surface area (Å²) in [5.74, 6) is -0.0930. The number of aromatic hydroxyl groups is 1. The van der Waals surface area contributed by atoms with Crippen LogP contribution in [-0.4, -0.2) is 21.0 Å². The molecule has 0 aliphatic carbocycles. The third-order valence-electron chi connectivity index (χ3n) is 2.57. The summed E-state index contributed by atoms with van der Waals surface area (Å²) in [6.07, 6.45) is 0. The zero-order valence-electron chi connectivity index (χ0n) is 10.6. The van der Waals surface area contributed by atoms with Crippen LogP contribution in [0, 0.1) is 6.92 Å². The predicted octanol–water partition coefficient (Wildman–Crippen LogP) is 1.70. The highest BCUT2D eigenvalue weighted by molar-refractivity contribution is 5.94. The van der Waals surface area contributed by atoms with Crippen LogP contribution < -0.4 is 11.1 Å². The van der Waals surface area contributed by atoms with Gasteiger partial charge >= 0.3 is 0 Å². The summed E-state index contributed by atoms with van der Waals surface area (Å²) >= 11 is 0. The molecule has 0 bridgehead atoms. The lowest BCUT2D eigenvalue weighted by Crippen LogP contribution is -2.12. The number of amides is 1. The molecule has 0 spiro atoms. The first-order valence-electron chi connectivity index (χ1n) is 5.69. The second kappa shape index (κ2) is 4.93. The fourth-order valence-corrected chi connectivity index (χ4v) is 1.79. The van der Waals surface area contributed by atoms with Crippen LogP contribution in [-0.2, 0) is 4.79 Å². The monoisotopic (exact) mass is 258 g/mol. The Morgan fingerprint density at radius 2 is 2.00 bits per heavy atom. The lowest BCUT2D eigenvalue weighted by Gasteiger charge is -2.13. The normalized spacial score (nSPS) is 10.2. The summed E-state index contributed by atoms with van der Waals surface area (Å²) in [6, 6.07) is 6.71. The Labute approximate surface area is 110 Å². The molecule has 0 atom stereocenters. The van der Waals surface area contributed by atoms with E-state index in [4.69, 9.17) is 5.73 Å². The fourth-order valence-electron chi connectivity index (χ4n) is 1.79. The molecule has 19 heavy (non-hydrogen) atoms. The van der Waals surface area contributed by atoms with Gasteiger partial charge in [-0.25, -0.2) is 9.97 Å². The predicted molar refractivity (Wildman–Crippen MR) is 72.6 cm³/mol. The molecule has 1 heterocycles. The molecule has 2 aromatic rings. The molecule has 0 radical (unpaired) electrons. The summed E-state index contributed by atoms with van der Waals surface area (Å²) in [6.45, 7) is 3.11. The number of carbonyl (C=O) groups excluding carboxylic acids is 1. The lowest BCUT2D eigenvalue weighted by molar-refractivity contribution is -0.114. The zero-order chi connectivity index (χ0) is 14.0. The van der Waals surface area contributed by atoms with E-state index in [1.165, 1.54) is 6.92 Å². The Hall–Kier alpha value is -2.63. The third kappa shape index (κ3) is 2.62. The molecule has 1 aromatic carbocycles. The van der Waals surface area contributed by atoms with E-state index in [2.05, 4.69) is 15.3 Å². The van der Waals surface area contributed by atoms with Crippen LogP contribution in [0.4, 0.5) is 11.6 Å². The van der Waals surface area contributed by atoms with E-state index in [1.807, 2.05) is 0 Å². The molecule has 0 fully saturated rings. The minimum Gasteiger partial charge on any atom is -0.507 e. The number of benzene rings is 1. The van der Waals surface area contributed by atoms with Gasteiger partial charge in [0.25, 0.3) is 0 Å². The van der Waals surface area contributed by atoms with Crippen molar-refractivity contribution in [2.24, 2.45) is 0 Å². The van der Waals surface area contributed by atoms with Crippen molar-refractivity contribution in [2.75, 3.05) is 11.1 Å². The van der Waals surface area contributed by atoms with E-state index in [9.17, 15) is 9.90 Å². The van der Waals surface area contributed by atoms with Gasteiger partial charge in [0.2, 0.25) is 11.9 Å². The van der Waals surface area contributed by atoms with Gasteiger partial charge in [0.05, 0.1) is 11.4 Å². The van der Waals surface area contributed by atoms with E-state index >= 15 is 0 Å². The highest BCUT2D eigenvalue weighted by Gasteiger charge is 2.16. The molecule has 1 amide bonds. The van der Waals surface area contributed by atoms with E-state index < -0.39 is 0 Å². The van der Waals surface area contributed by atoms with Crippen LogP contribution in [0.3, 0.4) is 0 Å². The van der Waals surface area contributed by atoms with Crippen LogP contribution in [0.15, 0.2) is 24.3 Å². The van der Waals surface area contributed by atoms with Crippen LogP contribution in [0.25, 0.3) is 11.3 Å². The first-order valence-corrected chi connectivity index (χ1v) is 5.69. The molecule has 98 valence electrons.